The Morgan fingerprint density at radius 2 is 2.06 bits per heavy atom. The molecule has 0 heterocycles. The van der Waals surface area contributed by atoms with Gasteiger partial charge in [-0.05, 0) is 24.3 Å². The van der Waals surface area contributed by atoms with Crippen LogP contribution in [-0.4, -0.2) is 10.9 Å². The molecule has 0 amide bonds. The summed E-state index contributed by atoms with van der Waals surface area (Å²) in [4.78, 5) is 11.2. The number of rotatable bonds is 4. The molecule has 4 nitrogen and oxygen atoms in total. The lowest BCUT2D eigenvalue weighted by atomic mass is 10.2. The van der Waals surface area contributed by atoms with Crippen molar-refractivity contribution >= 4 is 23.1 Å². The normalized spacial score (nSPS) is 12.0. The van der Waals surface area contributed by atoms with Gasteiger partial charge >= 0.3 is 0 Å². The number of halogens is 1. The van der Waals surface area contributed by atoms with E-state index in [0.29, 0.717) is 17.0 Å². The van der Waals surface area contributed by atoms with E-state index >= 15 is 0 Å². The lowest BCUT2D eigenvalue weighted by Crippen LogP contribution is -1.97. The van der Waals surface area contributed by atoms with E-state index < -0.39 is 0 Å². The quantitative estimate of drug-likeness (QED) is 0.493. The van der Waals surface area contributed by atoms with Gasteiger partial charge in [0, 0.05) is 11.4 Å². The summed E-state index contributed by atoms with van der Waals surface area (Å²) in [6.45, 7) is 1.68. The maximum Gasteiger partial charge on any atom is 0.185 e. The maximum atomic E-state index is 11.2. The molecule has 84 valence electrons. The zero-order valence-corrected chi connectivity index (χ0v) is 9.48. The molecule has 0 spiro atoms. The lowest BCUT2D eigenvalue weighted by molar-refractivity contribution is -0.115. The van der Waals surface area contributed by atoms with Crippen molar-refractivity contribution in [1.82, 2.24) is 0 Å². The zero-order valence-electron chi connectivity index (χ0n) is 8.72. The fraction of sp³-hybridized carbons (Fsp3) is 0.182. The van der Waals surface area contributed by atoms with Crippen molar-refractivity contribution in [2.75, 3.05) is 0 Å². The highest BCUT2D eigenvalue weighted by Gasteiger charge is 2.05. The molecule has 0 bridgehead atoms. The number of nitrogens with zero attached hydrogens (tertiary/aromatic N) is 2. The van der Waals surface area contributed by atoms with Crippen LogP contribution in [0.3, 0.4) is 0 Å². The number of carbonyl (C=O) groups is 1. The van der Waals surface area contributed by atoms with Crippen molar-refractivity contribution in [3.63, 3.8) is 0 Å². The van der Waals surface area contributed by atoms with Crippen LogP contribution in [0.25, 0.3) is 0 Å². The molecule has 0 aliphatic carbocycles. The summed E-state index contributed by atoms with van der Waals surface area (Å²) < 4.78 is 0. The zero-order chi connectivity index (χ0) is 12.0. The highest BCUT2D eigenvalue weighted by atomic mass is 35.5. The Morgan fingerprint density at radius 3 is 2.56 bits per heavy atom. The SMILES string of the molecule is CCC(=O)/C(=C/O)N=Nc1ccc(Cl)cc1. The summed E-state index contributed by atoms with van der Waals surface area (Å²) in [7, 11) is 0. The molecule has 16 heavy (non-hydrogen) atoms. The first-order chi connectivity index (χ1) is 7.67. The fourth-order valence-electron chi connectivity index (χ4n) is 0.954. The van der Waals surface area contributed by atoms with E-state index in [1.54, 1.807) is 31.2 Å². The Hall–Kier alpha value is -1.68. The van der Waals surface area contributed by atoms with Crippen LogP contribution in [0.1, 0.15) is 13.3 Å². The molecule has 5 heteroatoms. The third-order valence-electron chi connectivity index (χ3n) is 1.83. The van der Waals surface area contributed by atoms with Crippen LogP contribution >= 0.6 is 11.6 Å². The molecule has 0 saturated carbocycles. The molecule has 0 radical (unpaired) electrons. The number of azo groups is 1. The Labute approximate surface area is 98.3 Å². The van der Waals surface area contributed by atoms with Crippen LogP contribution in [0.5, 0.6) is 0 Å². The first kappa shape index (κ1) is 12.4. The Kier molecular flexibility index (Phi) is 4.66. The van der Waals surface area contributed by atoms with Gasteiger partial charge in [0.25, 0.3) is 0 Å². The second kappa shape index (κ2) is 6.02. The highest BCUT2D eigenvalue weighted by molar-refractivity contribution is 6.30. The van der Waals surface area contributed by atoms with Crippen molar-refractivity contribution in [2.45, 2.75) is 13.3 Å². The van der Waals surface area contributed by atoms with Crippen LogP contribution in [0.4, 0.5) is 5.69 Å². The molecular weight excluding hydrogens is 228 g/mol. The van der Waals surface area contributed by atoms with Gasteiger partial charge in [-0.15, -0.1) is 5.11 Å². The average Bonchev–Trinajstić information content (AvgIpc) is 2.31. The van der Waals surface area contributed by atoms with Crippen molar-refractivity contribution in [3.8, 4) is 0 Å². The number of allylic oxidation sites excluding steroid dienone is 1. The molecular formula is C11H11ClN2O2. The minimum Gasteiger partial charge on any atom is -0.513 e. The van der Waals surface area contributed by atoms with Crippen LogP contribution in [0.2, 0.25) is 5.02 Å². The number of hydrogen-bond donors (Lipinski definition) is 1. The summed E-state index contributed by atoms with van der Waals surface area (Å²) in [5.74, 6) is -0.264. The predicted molar refractivity (Wildman–Crippen MR) is 62.0 cm³/mol. The first-order valence-electron chi connectivity index (χ1n) is 4.72. The summed E-state index contributed by atoms with van der Waals surface area (Å²) >= 11 is 5.70. The van der Waals surface area contributed by atoms with Gasteiger partial charge in [0.05, 0.1) is 5.69 Å². The van der Waals surface area contributed by atoms with E-state index in [2.05, 4.69) is 10.2 Å². The number of aliphatic hydroxyl groups is 1. The highest BCUT2D eigenvalue weighted by Crippen LogP contribution is 2.17. The molecule has 0 unspecified atom stereocenters. The van der Waals surface area contributed by atoms with Crippen molar-refractivity contribution in [2.24, 2.45) is 10.2 Å². The van der Waals surface area contributed by atoms with E-state index in [1.807, 2.05) is 0 Å². The van der Waals surface area contributed by atoms with Crippen LogP contribution in [0, 0.1) is 0 Å². The summed E-state index contributed by atoms with van der Waals surface area (Å²) in [6, 6.07) is 6.66. The number of benzene rings is 1. The minimum absolute atomic E-state index is 0.0579. The monoisotopic (exact) mass is 238 g/mol. The topological polar surface area (TPSA) is 62.0 Å². The van der Waals surface area contributed by atoms with Gasteiger partial charge in [-0.25, -0.2) is 0 Å². The van der Waals surface area contributed by atoms with Crippen molar-refractivity contribution in [3.05, 3.63) is 41.2 Å². The van der Waals surface area contributed by atoms with Crippen LogP contribution < -0.4 is 0 Å². The summed E-state index contributed by atoms with van der Waals surface area (Å²) in [5, 5.41) is 16.9. The van der Waals surface area contributed by atoms with Crippen LogP contribution in [-0.2, 0) is 4.79 Å². The van der Waals surface area contributed by atoms with E-state index in [4.69, 9.17) is 16.7 Å². The van der Waals surface area contributed by atoms with Gasteiger partial charge in [-0.2, -0.15) is 5.11 Å². The minimum atomic E-state index is -0.264. The molecule has 1 aromatic rings. The van der Waals surface area contributed by atoms with Gasteiger partial charge in [0.2, 0.25) is 0 Å². The van der Waals surface area contributed by atoms with Gasteiger partial charge in [-0.3, -0.25) is 4.79 Å². The van der Waals surface area contributed by atoms with Crippen LogP contribution in [0.15, 0.2) is 46.5 Å². The molecule has 1 aromatic carbocycles. The molecule has 0 fully saturated rings. The van der Waals surface area contributed by atoms with Crippen molar-refractivity contribution in [1.29, 1.82) is 0 Å². The molecule has 0 saturated heterocycles. The summed E-state index contributed by atoms with van der Waals surface area (Å²) in [6.07, 6.45) is 0.928. The largest absolute Gasteiger partial charge is 0.513 e. The van der Waals surface area contributed by atoms with Gasteiger partial charge in [0.15, 0.2) is 11.5 Å². The van der Waals surface area contributed by atoms with E-state index in [-0.39, 0.29) is 17.9 Å². The second-order valence-electron chi connectivity index (χ2n) is 2.97. The second-order valence-corrected chi connectivity index (χ2v) is 3.40. The van der Waals surface area contributed by atoms with Gasteiger partial charge in [0.1, 0.15) is 6.26 Å². The average molecular weight is 239 g/mol. The fourth-order valence-corrected chi connectivity index (χ4v) is 1.08. The third kappa shape index (κ3) is 3.47. The van der Waals surface area contributed by atoms with E-state index in [0.717, 1.165) is 0 Å². The van der Waals surface area contributed by atoms with E-state index in [1.165, 1.54) is 0 Å². The molecule has 1 N–H and O–H groups in total. The number of hydrogen-bond acceptors (Lipinski definition) is 4. The molecule has 1 rings (SSSR count). The molecule has 0 atom stereocenters. The molecule has 0 aliphatic rings. The first-order valence-corrected chi connectivity index (χ1v) is 5.10. The van der Waals surface area contributed by atoms with Gasteiger partial charge in [-0.1, -0.05) is 18.5 Å². The summed E-state index contributed by atoms with van der Waals surface area (Å²) in [5.41, 5.74) is 0.505. The third-order valence-corrected chi connectivity index (χ3v) is 2.08. The lowest BCUT2D eigenvalue weighted by Gasteiger charge is -1.95. The van der Waals surface area contributed by atoms with Gasteiger partial charge < -0.3 is 5.11 Å². The number of carbonyl (C=O) groups excluding carboxylic acids is 1. The molecule has 0 aromatic heterocycles. The Morgan fingerprint density at radius 1 is 1.44 bits per heavy atom. The smallest absolute Gasteiger partial charge is 0.185 e. The number of Topliss-reactive ketones (excluding diaryl/α,β-unsaturated/α-hetero) is 1. The number of ketones is 1. The predicted octanol–water partition coefficient (Wildman–Crippen LogP) is 3.80. The Bertz CT molecular complexity index is 424. The number of aliphatic hydroxyl groups excluding tert-OH is 1. The standard InChI is InChI=1S/C11H11ClN2O2/c1-2-11(16)10(7-15)14-13-9-5-3-8(12)4-6-9/h3-7,15H,2H2,1H3/b10-7-,14-13?. The molecule has 0 aliphatic heterocycles. The maximum absolute atomic E-state index is 11.2. The Balaban J connectivity index is 2.80. The van der Waals surface area contributed by atoms with E-state index in [9.17, 15) is 4.79 Å². The van der Waals surface area contributed by atoms with Crippen molar-refractivity contribution < 1.29 is 9.90 Å².